The lowest BCUT2D eigenvalue weighted by atomic mass is 10.2. The van der Waals surface area contributed by atoms with E-state index in [0.717, 1.165) is 12.1 Å². The Balaban J connectivity index is 2.68. The quantitative estimate of drug-likeness (QED) is 0.432. The van der Waals surface area contributed by atoms with Crippen molar-refractivity contribution in [3.63, 3.8) is 0 Å². The SMILES string of the molecule is CC=CC=CCOC(=O)c1cc(O)c(O)c(O)c1. The van der Waals surface area contributed by atoms with Crippen LogP contribution in [0, 0.1) is 0 Å². The van der Waals surface area contributed by atoms with Gasteiger partial charge in [0.15, 0.2) is 17.2 Å². The molecule has 1 rings (SSSR count). The Hall–Kier alpha value is -2.43. The van der Waals surface area contributed by atoms with Crippen molar-refractivity contribution in [3.8, 4) is 17.2 Å². The van der Waals surface area contributed by atoms with Crippen LogP contribution < -0.4 is 0 Å². The highest BCUT2D eigenvalue weighted by molar-refractivity contribution is 5.91. The van der Waals surface area contributed by atoms with Crippen LogP contribution in [0.3, 0.4) is 0 Å². The molecule has 0 spiro atoms. The van der Waals surface area contributed by atoms with E-state index in [4.69, 9.17) is 9.84 Å². The zero-order valence-corrected chi connectivity index (χ0v) is 9.83. The summed E-state index contributed by atoms with van der Waals surface area (Å²) in [5.74, 6) is -2.52. The van der Waals surface area contributed by atoms with E-state index in [-0.39, 0.29) is 12.2 Å². The van der Waals surface area contributed by atoms with E-state index < -0.39 is 23.2 Å². The summed E-state index contributed by atoms with van der Waals surface area (Å²) < 4.78 is 4.86. The van der Waals surface area contributed by atoms with Gasteiger partial charge in [-0.25, -0.2) is 4.79 Å². The van der Waals surface area contributed by atoms with Crippen molar-refractivity contribution in [1.29, 1.82) is 0 Å². The van der Waals surface area contributed by atoms with E-state index in [2.05, 4.69) is 0 Å². The topological polar surface area (TPSA) is 87.0 Å². The molecule has 18 heavy (non-hydrogen) atoms. The molecule has 0 aliphatic heterocycles. The van der Waals surface area contributed by atoms with E-state index in [9.17, 15) is 15.0 Å². The largest absolute Gasteiger partial charge is 0.504 e. The fourth-order valence-corrected chi connectivity index (χ4v) is 1.17. The molecule has 0 bridgehead atoms. The normalized spacial score (nSPS) is 11.2. The molecule has 1 aromatic carbocycles. The monoisotopic (exact) mass is 250 g/mol. The zero-order chi connectivity index (χ0) is 13.5. The number of carbonyl (C=O) groups is 1. The van der Waals surface area contributed by atoms with E-state index in [1.807, 2.05) is 13.0 Å². The van der Waals surface area contributed by atoms with Crippen LogP contribution in [0.4, 0.5) is 0 Å². The number of phenolic OH excluding ortho intramolecular Hbond substituents is 3. The van der Waals surface area contributed by atoms with Gasteiger partial charge in [0.2, 0.25) is 0 Å². The van der Waals surface area contributed by atoms with Crippen LogP contribution in [0.5, 0.6) is 17.2 Å². The number of hydrogen-bond donors (Lipinski definition) is 3. The van der Waals surface area contributed by atoms with Gasteiger partial charge >= 0.3 is 5.97 Å². The third-order valence-corrected chi connectivity index (χ3v) is 2.06. The van der Waals surface area contributed by atoms with Gasteiger partial charge in [-0.3, -0.25) is 0 Å². The Morgan fingerprint density at radius 3 is 2.39 bits per heavy atom. The second kappa shape index (κ2) is 6.34. The number of hydrogen-bond acceptors (Lipinski definition) is 5. The first-order valence-electron chi connectivity index (χ1n) is 5.26. The Morgan fingerprint density at radius 1 is 1.22 bits per heavy atom. The minimum atomic E-state index is -0.703. The van der Waals surface area contributed by atoms with Crippen molar-refractivity contribution in [2.75, 3.05) is 6.61 Å². The predicted octanol–water partition coefficient (Wildman–Crippen LogP) is 2.09. The fraction of sp³-hybridized carbons (Fsp3) is 0.154. The zero-order valence-electron chi connectivity index (χ0n) is 9.83. The molecule has 3 N–H and O–H groups in total. The highest BCUT2D eigenvalue weighted by Gasteiger charge is 2.13. The Kier molecular flexibility index (Phi) is 4.80. The highest BCUT2D eigenvalue weighted by atomic mass is 16.5. The van der Waals surface area contributed by atoms with Crippen LogP contribution >= 0.6 is 0 Å². The summed E-state index contributed by atoms with van der Waals surface area (Å²) >= 11 is 0. The van der Waals surface area contributed by atoms with E-state index in [0.29, 0.717) is 0 Å². The Bertz CT molecular complexity index is 465. The third kappa shape index (κ3) is 3.55. The van der Waals surface area contributed by atoms with Crippen molar-refractivity contribution < 1.29 is 24.9 Å². The standard InChI is InChI=1S/C13H14O5/c1-2-3-4-5-6-18-13(17)9-7-10(14)12(16)11(15)8-9/h2-5,7-8,14-16H,6H2,1H3. The molecular weight excluding hydrogens is 236 g/mol. The first kappa shape index (κ1) is 13.6. The molecule has 1 aromatic rings. The van der Waals surface area contributed by atoms with Crippen LogP contribution in [0.25, 0.3) is 0 Å². The molecule has 0 unspecified atom stereocenters. The fourth-order valence-electron chi connectivity index (χ4n) is 1.17. The minimum absolute atomic E-state index is 0.0396. The van der Waals surface area contributed by atoms with Crippen LogP contribution in [-0.4, -0.2) is 27.9 Å². The van der Waals surface area contributed by atoms with Gasteiger partial charge in [0.05, 0.1) is 5.56 Å². The molecule has 0 radical (unpaired) electrons. The lowest BCUT2D eigenvalue weighted by Crippen LogP contribution is -2.04. The minimum Gasteiger partial charge on any atom is -0.504 e. The van der Waals surface area contributed by atoms with Gasteiger partial charge in [-0.2, -0.15) is 0 Å². The van der Waals surface area contributed by atoms with Crippen molar-refractivity contribution in [2.24, 2.45) is 0 Å². The highest BCUT2D eigenvalue weighted by Crippen LogP contribution is 2.35. The molecule has 0 amide bonds. The van der Waals surface area contributed by atoms with Crippen molar-refractivity contribution in [2.45, 2.75) is 6.92 Å². The predicted molar refractivity (Wildman–Crippen MR) is 65.7 cm³/mol. The molecule has 0 aliphatic carbocycles. The van der Waals surface area contributed by atoms with Crippen molar-refractivity contribution in [1.82, 2.24) is 0 Å². The molecule has 5 heteroatoms. The number of esters is 1. The summed E-state index contributed by atoms with van der Waals surface area (Å²) in [7, 11) is 0. The number of rotatable bonds is 4. The molecular formula is C13H14O5. The van der Waals surface area contributed by atoms with E-state index in [1.54, 1.807) is 18.2 Å². The molecule has 96 valence electrons. The van der Waals surface area contributed by atoms with Gasteiger partial charge in [-0.1, -0.05) is 18.2 Å². The number of phenols is 3. The Labute approximate surface area is 104 Å². The molecule has 0 saturated heterocycles. The third-order valence-electron chi connectivity index (χ3n) is 2.06. The summed E-state index contributed by atoms with van der Waals surface area (Å²) in [4.78, 5) is 11.5. The first-order chi connectivity index (χ1) is 8.56. The van der Waals surface area contributed by atoms with Gasteiger partial charge in [0.25, 0.3) is 0 Å². The lowest BCUT2D eigenvalue weighted by Gasteiger charge is -2.05. The number of carbonyl (C=O) groups excluding carboxylic acids is 1. The summed E-state index contributed by atoms with van der Waals surface area (Å²) in [5.41, 5.74) is -0.0396. The molecule has 0 heterocycles. The van der Waals surface area contributed by atoms with Crippen LogP contribution in [0.1, 0.15) is 17.3 Å². The van der Waals surface area contributed by atoms with Gasteiger partial charge in [0, 0.05) is 0 Å². The molecule has 0 aromatic heterocycles. The second-order valence-electron chi connectivity index (χ2n) is 3.42. The van der Waals surface area contributed by atoms with Gasteiger partial charge in [0.1, 0.15) is 6.61 Å². The molecule has 0 atom stereocenters. The summed E-state index contributed by atoms with van der Waals surface area (Å²) in [5, 5.41) is 27.6. The van der Waals surface area contributed by atoms with Gasteiger partial charge in [-0.15, -0.1) is 0 Å². The smallest absolute Gasteiger partial charge is 0.338 e. The van der Waals surface area contributed by atoms with Gasteiger partial charge < -0.3 is 20.1 Å². The lowest BCUT2D eigenvalue weighted by molar-refractivity contribution is 0.0548. The maximum Gasteiger partial charge on any atom is 0.338 e. The van der Waals surface area contributed by atoms with Crippen LogP contribution in [0.2, 0.25) is 0 Å². The van der Waals surface area contributed by atoms with E-state index in [1.165, 1.54) is 0 Å². The van der Waals surface area contributed by atoms with Gasteiger partial charge in [-0.05, 0) is 25.1 Å². The average molecular weight is 250 g/mol. The van der Waals surface area contributed by atoms with E-state index >= 15 is 0 Å². The summed E-state index contributed by atoms with van der Waals surface area (Å²) in [6, 6.07) is 2.04. The first-order valence-corrected chi connectivity index (χ1v) is 5.26. The summed E-state index contributed by atoms with van der Waals surface area (Å²) in [6.07, 6.45) is 6.97. The summed E-state index contributed by atoms with van der Waals surface area (Å²) in [6.45, 7) is 1.93. The number of benzene rings is 1. The second-order valence-corrected chi connectivity index (χ2v) is 3.42. The van der Waals surface area contributed by atoms with Crippen LogP contribution in [0.15, 0.2) is 36.4 Å². The van der Waals surface area contributed by atoms with Crippen LogP contribution in [-0.2, 0) is 4.74 Å². The molecule has 0 aliphatic rings. The average Bonchev–Trinajstić information content (AvgIpc) is 2.34. The van der Waals surface area contributed by atoms with Crippen molar-refractivity contribution in [3.05, 3.63) is 42.0 Å². The Morgan fingerprint density at radius 2 is 1.83 bits per heavy atom. The molecule has 5 nitrogen and oxygen atoms in total. The molecule has 0 saturated carbocycles. The number of allylic oxidation sites excluding steroid dienone is 3. The maximum absolute atomic E-state index is 11.5. The molecule has 0 fully saturated rings. The number of aromatic hydroxyl groups is 3. The maximum atomic E-state index is 11.5. The van der Waals surface area contributed by atoms with Crippen molar-refractivity contribution >= 4 is 5.97 Å². The number of ether oxygens (including phenoxy) is 1.